The Balaban J connectivity index is 2.31. The van der Waals surface area contributed by atoms with Crippen LogP contribution < -0.4 is 0 Å². The third-order valence-electron chi connectivity index (χ3n) is 2.61. The molecule has 2 rings (SSSR count). The highest BCUT2D eigenvalue weighted by molar-refractivity contribution is 9.10. The van der Waals surface area contributed by atoms with Gasteiger partial charge in [-0.3, -0.25) is 4.79 Å². The number of hydrogen-bond donors (Lipinski definition) is 0. The van der Waals surface area contributed by atoms with Gasteiger partial charge in [-0.2, -0.15) is 0 Å². The molecule has 0 aliphatic heterocycles. The first-order chi connectivity index (χ1) is 8.99. The number of halogens is 4. The number of benzene rings is 2. The summed E-state index contributed by atoms with van der Waals surface area (Å²) in [5.74, 6) is -2.64. The van der Waals surface area contributed by atoms with Crippen molar-refractivity contribution >= 4 is 21.7 Å². The van der Waals surface area contributed by atoms with Crippen LogP contribution in [0.2, 0.25) is 0 Å². The van der Waals surface area contributed by atoms with Crippen molar-refractivity contribution in [3.8, 4) is 0 Å². The zero-order valence-corrected chi connectivity index (χ0v) is 11.2. The van der Waals surface area contributed by atoms with Gasteiger partial charge in [0.25, 0.3) is 0 Å². The molecule has 98 valence electrons. The van der Waals surface area contributed by atoms with E-state index >= 15 is 0 Å². The monoisotopic (exact) mass is 328 g/mol. The van der Waals surface area contributed by atoms with Crippen LogP contribution in [0.25, 0.3) is 0 Å². The van der Waals surface area contributed by atoms with Gasteiger partial charge in [0.15, 0.2) is 5.78 Å². The predicted octanol–water partition coefficient (Wildman–Crippen LogP) is 4.29. The van der Waals surface area contributed by atoms with Crippen LogP contribution in [-0.4, -0.2) is 5.78 Å². The highest BCUT2D eigenvalue weighted by atomic mass is 79.9. The van der Waals surface area contributed by atoms with Crippen molar-refractivity contribution < 1.29 is 18.0 Å². The maximum Gasteiger partial charge on any atom is 0.170 e. The molecule has 0 saturated carbocycles. The van der Waals surface area contributed by atoms with E-state index in [1.807, 2.05) is 0 Å². The number of rotatable bonds is 3. The lowest BCUT2D eigenvalue weighted by molar-refractivity contribution is 0.0988. The second-order valence-electron chi connectivity index (χ2n) is 3.94. The van der Waals surface area contributed by atoms with E-state index in [2.05, 4.69) is 15.9 Å². The topological polar surface area (TPSA) is 17.1 Å². The zero-order chi connectivity index (χ0) is 14.0. The van der Waals surface area contributed by atoms with Crippen molar-refractivity contribution in [3.05, 3.63) is 69.4 Å². The molecule has 0 fully saturated rings. The van der Waals surface area contributed by atoms with Gasteiger partial charge in [0, 0.05) is 6.42 Å². The average molecular weight is 329 g/mol. The van der Waals surface area contributed by atoms with Gasteiger partial charge >= 0.3 is 0 Å². The molecule has 0 aliphatic rings. The maximum atomic E-state index is 13.7. The van der Waals surface area contributed by atoms with Crippen LogP contribution in [0.3, 0.4) is 0 Å². The van der Waals surface area contributed by atoms with Gasteiger partial charge in [-0.25, -0.2) is 13.2 Å². The third kappa shape index (κ3) is 3.04. The Hall–Kier alpha value is -1.62. The lowest BCUT2D eigenvalue weighted by atomic mass is 10.0. The molecule has 2 aromatic carbocycles. The van der Waals surface area contributed by atoms with E-state index in [1.165, 1.54) is 18.2 Å². The predicted molar refractivity (Wildman–Crippen MR) is 68.5 cm³/mol. The fourth-order valence-electron chi connectivity index (χ4n) is 1.67. The molecular weight excluding hydrogens is 321 g/mol. The second-order valence-corrected chi connectivity index (χ2v) is 4.79. The standard InChI is InChI=1S/C14H8BrF3O/c15-11-3-1-2-10(14(11)18)13(19)7-8-6-9(16)4-5-12(8)17/h1-6H,7H2. The molecule has 0 bridgehead atoms. The minimum Gasteiger partial charge on any atom is -0.294 e. The van der Waals surface area contributed by atoms with Crippen molar-refractivity contribution in [2.75, 3.05) is 0 Å². The van der Waals surface area contributed by atoms with Crippen LogP contribution >= 0.6 is 15.9 Å². The molecule has 0 radical (unpaired) electrons. The Labute approximate surface area is 116 Å². The lowest BCUT2D eigenvalue weighted by Crippen LogP contribution is -2.08. The summed E-state index contributed by atoms with van der Waals surface area (Å²) in [6, 6.07) is 7.10. The minimum atomic E-state index is -0.704. The van der Waals surface area contributed by atoms with E-state index in [1.54, 1.807) is 0 Å². The van der Waals surface area contributed by atoms with Crippen LogP contribution in [0.4, 0.5) is 13.2 Å². The van der Waals surface area contributed by atoms with E-state index in [-0.39, 0.29) is 15.6 Å². The summed E-state index contributed by atoms with van der Waals surface area (Å²) < 4.78 is 40.2. The highest BCUT2D eigenvalue weighted by Gasteiger charge is 2.16. The molecule has 0 spiro atoms. The van der Waals surface area contributed by atoms with Crippen molar-refractivity contribution in [2.24, 2.45) is 0 Å². The summed E-state index contributed by atoms with van der Waals surface area (Å²) in [6.07, 6.45) is -0.392. The number of carbonyl (C=O) groups excluding carboxylic acids is 1. The van der Waals surface area contributed by atoms with E-state index in [9.17, 15) is 18.0 Å². The fourth-order valence-corrected chi connectivity index (χ4v) is 2.03. The molecule has 1 nitrogen and oxygen atoms in total. The summed E-state index contributed by atoms with van der Waals surface area (Å²) in [7, 11) is 0. The Morgan fingerprint density at radius 1 is 1.11 bits per heavy atom. The summed E-state index contributed by atoms with van der Waals surface area (Å²) in [5, 5.41) is 0. The van der Waals surface area contributed by atoms with Gasteiger partial charge < -0.3 is 0 Å². The Kier molecular flexibility index (Phi) is 4.04. The number of carbonyl (C=O) groups is 1. The summed E-state index contributed by atoms with van der Waals surface area (Å²) in [4.78, 5) is 11.9. The summed E-state index contributed by atoms with van der Waals surface area (Å²) in [5.41, 5.74) is -0.248. The number of hydrogen-bond acceptors (Lipinski definition) is 1. The molecule has 0 saturated heterocycles. The van der Waals surface area contributed by atoms with Crippen LogP contribution in [0.5, 0.6) is 0 Å². The van der Waals surface area contributed by atoms with Gasteiger partial charge in [0.2, 0.25) is 0 Å². The molecule has 19 heavy (non-hydrogen) atoms. The summed E-state index contributed by atoms with van der Waals surface area (Å²) >= 11 is 2.96. The lowest BCUT2D eigenvalue weighted by Gasteiger charge is -2.05. The smallest absolute Gasteiger partial charge is 0.170 e. The maximum absolute atomic E-state index is 13.7. The molecule has 0 amide bonds. The first-order valence-corrected chi connectivity index (χ1v) is 6.19. The SMILES string of the molecule is O=C(Cc1cc(F)ccc1F)c1cccc(Br)c1F. The Morgan fingerprint density at radius 2 is 1.84 bits per heavy atom. The zero-order valence-electron chi connectivity index (χ0n) is 9.59. The van der Waals surface area contributed by atoms with Crippen molar-refractivity contribution in [1.82, 2.24) is 0 Å². The average Bonchev–Trinajstić information content (AvgIpc) is 2.37. The van der Waals surface area contributed by atoms with Crippen LogP contribution in [-0.2, 0) is 6.42 Å². The van der Waals surface area contributed by atoms with E-state index in [0.717, 1.165) is 18.2 Å². The van der Waals surface area contributed by atoms with E-state index < -0.39 is 29.7 Å². The minimum absolute atomic E-state index is 0.0932. The summed E-state index contributed by atoms with van der Waals surface area (Å²) in [6.45, 7) is 0. The number of ketones is 1. The quantitative estimate of drug-likeness (QED) is 0.768. The van der Waals surface area contributed by atoms with Crippen LogP contribution in [0, 0.1) is 17.5 Å². The molecule has 5 heteroatoms. The third-order valence-corrected chi connectivity index (χ3v) is 3.22. The normalized spacial score (nSPS) is 10.5. The first-order valence-electron chi connectivity index (χ1n) is 5.40. The van der Waals surface area contributed by atoms with Gasteiger partial charge in [0.1, 0.15) is 17.5 Å². The van der Waals surface area contributed by atoms with Gasteiger partial charge in [-0.1, -0.05) is 6.07 Å². The fraction of sp³-hybridized carbons (Fsp3) is 0.0714. The van der Waals surface area contributed by atoms with Crippen LogP contribution in [0.15, 0.2) is 40.9 Å². The second kappa shape index (κ2) is 5.57. The molecule has 0 N–H and O–H groups in total. The van der Waals surface area contributed by atoms with Crippen molar-refractivity contribution in [1.29, 1.82) is 0 Å². The molecule has 0 unspecified atom stereocenters. The van der Waals surface area contributed by atoms with Gasteiger partial charge in [-0.15, -0.1) is 0 Å². The first kappa shape index (κ1) is 13.8. The van der Waals surface area contributed by atoms with Gasteiger partial charge in [0.05, 0.1) is 10.0 Å². The Morgan fingerprint density at radius 3 is 2.58 bits per heavy atom. The molecule has 2 aromatic rings. The van der Waals surface area contributed by atoms with Crippen LogP contribution in [0.1, 0.15) is 15.9 Å². The molecule has 0 aromatic heterocycles. The van der Waals surface area contributed by atoms with Crippen molar-refractivity contribution in [2.45, 2.75) is 6.42 Å². The van der Waals surface area contributed by atoms with Gasteiger partial charge in [-0.05, 0) is 51.8 Å². The molecular formula is C14H8BrF3O. The molecule has 0 aliphatic carbocycles. The molecule has 0 atom stereocenters. The molecule has 0 heterocycles. The van der Waals surface area contributed by atoms with E-state index in [0.29, 0.717) is 0 Å². The van der Waals surface area contributed by atoms with E-state index in [4.69, 9.17) is 0 Å². The highest BCUT2D eigenvalue weighted by Crippen LogP contribution is 2.21. The Bertz CT molecular complexity index is 641. The number of Topliss-reactive ketones (excluding diaryl/α,β-unsaturated/α-hetero) is 1. The largest absolute Gasteiger partial charge is 0.294 e. The van der Waals surface area contributed by atoms with Crippen molar-refractivity contribution in [3.63, 3.8) is 0 Å².